The maximum Gasteiger partial charge on any atom is 0.256 e. The Kier molecular flexibility index (Phi) is 6.42. The average molecular weight is 419 g/mol. The van der Waals surface area contributed by atoms with E-state index in [1.807, 2.05) is 13.0 Å². The topological polar surface area (TPSA) is 72.6 Å². The molecule has 1 heterocycles. The number of hydrogen-bond donors (Lipinski definition) is 1. The number of nitrogens with two attached hydrogens (primary N) is 1. The molecule has 0 radical (unpaired) electrons. The molecule has 3 rings (SSSR count). The molecule has 154 valence electrons. The number of aryl methyl sites for hydroxylation is 1. The van der Waals surface area contributed by atoms with Crippen molar-refractivity contribution in [1.29, 1.82) is 0 Å². The zero-order chi connectivity index (χ0) is 21.0. The van der Waals surface area contributed by atoms with Crippen molar-refractivity contribution in [3.63, 3.8) is 0 Å². The van der Waals surface area contributed by atoms with E-state index in [9.17, 15) is 14.0 Å². The smallest absolute Gasteiger partial charge is 0.256 e. The van der Waals surface area contributed by atoms with Crippen molar-refractivity contribution < 1.29 is 18.7 Å². The monoisotopic (exact) mass is 418 g/mol. The van der Waals surface area contributed by atoms with Crippen molar-refractivity contribution in [2.45, 2.75) is 26.2 Å². The SMILES string of the molecule is Cc1cc(OCC2(CC(N)=O)CCCN(C(=O)c3ccccc3F)C2)ccc1Cl. The fourth-order valence-electron chi connectivity index (χ4n) is 3.81. The van der Waals surface area contributed by atoms with Crippen LogP contribution in [0.5, 0.6) is 5.75 Å². The summed E-state index contributed by atoms with van der Waals surface area (Å²) in [7, 11) is 0. The van der Waals surface area contributed by atoms with Crippen LogP contribution in [0.15, 0.2) is 42.5 Å². The van der Waals surface area contributed by atoms with Gasteiger partial charge in [-0.3, -0.25) is 9.59 Å². The normalized spacial score (nSPS) is 19.1. The van der Waals surface area contributed by atoms with E-state index >= 15 is 0 Å². The Morgan fingerprint density at radius 3 is 2.72 bits per heavy atom. The minimum atomic E-state index is -0.626. The van der Waals surface area contributed by atoms with Gasteiger partial charge in [0.25, 0.3) is 5.91 Å². The minimum absolute atomic E-state index is 0.0246. The number of hydrogen-bond acceptors (Lipinski definition) is 3. The van der Waals surface area contributed by atoms with E-state index < -0.39 is 17.1 Å². The Morgan fingerprint density at radius 1 is 1.28 bits per heavy atom. The van der Waals surface area contributed by atoms with Gasteiger partial charge in [-0.15, -0.1) is 0 Å². The number of primary amides is 1. The second kappa shape index (κ2) is 8.82. The maximum absolute atomic E-state index is 14.1. The number of nitrogens with zero attached hydrogens (tertiary/aromatic N) is 1. The van der Waals surface area contributed by atoms with Gasteiger partial charge in [-0.2, -0.15) is 0 Å². The van der Waals surface area contributed by atoms with Crippen LogP contribution in [0.3, 0.4) is 0 Å². The highest BCUT2D eigenvalue weighted by atomic mass is 35.5. The first-order valence-electron chi connectivity index (χ1n) is 9.51. The number of piperidine rings is 1. The second-order valence-electron chi connectivity index (χ2n) is 7.65. The van der Waals surface area contributed by atoms with E-state index in [1.54, 1.807) is 29.2 Å². The van der Waals surface area contributed by atoms with Gasteiger partial charge in [0.05, 0.1) is 12.2 Å². The van der Waals surface area contributed by atoms with Gasteiger partial charge in [-0.25, -0.2) is 4.39 Å². The van der Waals surface area contributed by atoms with Gasteiger partial charge < -0.3 is 15.4 Å². The zero-order valence-corrected chi connectivity index (χ0v) is 17.0. The first-order valence-corrected chi connectivity index (χ1v) is 9.88. The van der Waals surface area contributed by atoms with Crippen LogP contribution >= 0.6 is 11.6 Å². The van der Waals surface area contributed by atoms with Crippen LogP contribution in [0.4, 0.5) is 4.39 Å². The molecule has 1 aliphatic heterocycles. The summed E-state index contributed by atoms with van der Waals surface area (Å²) in [5.74, 6) is -0.773. The second-order valence-corrected chi connectivity index (χ2v) is 8.06. The number of likely N-dealkylation sites (tertiary alicyclic amines) is 1. The summed E-state index contributed by atoms with van der Waals surface area (Å²) in [6, 6.07) is 11.2. The molecule has 2 N–H and O–H groups in total. The molecule has 0 saturated carbocycles. The third kappa shape index (κ3) is 5.07. The average Bonchev–Trinajstić information content (AvgIpc) is 2.68. The molecule has 2 amide bonds. The highest BCUT2D eigenvalue weighted by Gasteiger charge is 2.40. The molecule has 0 spiro atoms. The molecule has 5 nitrogen and oxygen atoms in total. The van der Waals surface area contributed by atoms with Crippen LogP contribution in [0.25, 0.3) is 0 Å². The summed E-state index contributed by atoms with van der Waals surface area (Å²) in [6.45, 7) is 2.87. The van der Waals surface area contributed by atoms with Gasteiger partial charge in [0.15, 0.2) is 0 Å². The lowest BCUT2D eigenvalue weighted by atomic mass is 9.77. The quantitative estimate of drug-likeness (QED) is 0.771. The number of carbonyl (C=O) groups is 2. The predicted molar refractivity (Wildman–Crippen MR) is 109 cm³/mol. The van der Waals surface area contributed by atoms with Crippen LogP contribution in [0.2, 0.25) is 5.02 Å². The lowest BCUT2D eigenvalue weighted by Crippen LogP contribution is -2.50. The Hall–Kier alpha value is -2.60. The van der Waals surface area contributed by atoms with Crippen LogP contribution in [0, 0.1) is 18.2 Å². The maximum atomic E-state index is 14.1. The van der Waals surface area contributed by atoms with Crippen LogP contribution in [-0.4, -0.2) is 36.4 Å². The largest absolute Gasteiger partial charge is 0.493 e. The Morgan fingerprint density at radius 2 is 2.03 bits per heavy atom. The molecule has 1 aliphatic rings. The minimum Gasteiger partial charge on any atom is -0.493 e. The summed E-state index contributed by atoms with van der Waals surface area (Å²) < 4.78 is 20.0. The molecule has 1 atom stereocenters. The Labute approximate surface area is 174 Å². The third-order valence-corrected chi connectivity index (χ3v) is 5.70. The summed E-state index contributed by atoms with van der Waals surface area (Å²) in [4.78, 5) is 26.2. The van der Waals surface area contributed by atoms with Crippen LogP contribution < -0.4 is 10.5 Å². The summed E-state index contributed by atoms with van der Waals surface area (Å²) in [5.41, 5.74) is 5.78. The zero-order valence-electron chi connectivity index (χ0n) is 16.3. The molecule has 1 fully saturated rings. The number of halogens is 2. The molecule has 0 aliphatic carbocycles. The number of amides is 2. The molecule has 29 heavy (non-hydrogen) atoms. The van der Waals surface area contributed by atoms with E-state index in [2.05, 4.69) is 0 Å². The Balaban J connectivity index is 1.79. The van der Waals surface area contributed by atoms with Crippen LogP contribution in [0.1, 0.15) is 35.2 Å². The molecule has 0 aromatic heterocycles. The van der Waals surface area contributed by atoms with Crippen molar-refractivity contribution >= 4 is 23.4 Å². The van der Waals surface area contributed by atoms with Crippen molar-refractivity contribution in [3.05, 3.63) is 64.4 Å². The van der Waals surface area contributed by atoms with Gasteiger partial charge >= 0.3 is 0 Å². The van der Waals surface area contributed by atoms with Crippen molar-refractivity contribution in [2.75, 3.05) is 19.7 Å². The van der Waals surface area contributed by atoms with E-state index in [0.717, 1.165) is 5.56 Å². The first kappa shape index (κ1) is 21.1. The van der Waals surface area contributed by atoms with E-state index in [1.165, 1.54) is 12.1 Å². The van der Waals surface area contributed by atoms with Gasteiger partial charge in [0.2, 0.25) is 5.91 Å². The number of carbonyl (C=O) groups excluding carboxylic acids is 2. The van der Waals surface area contributed by atoms with Crippen LogP contribution in [-0.2, 0) is 4.79 Å². The van der Waals surface area contributed by atoms with Gasteiger partial charge in [0, 0.05) is 29.9 Å². The first-order chi connectivity index (χ1) is 13.8. The molecule has 1 saturated heterocycles. The standard InChI is InChI=1S/C22H24ClFN2O3/c1-15-11-16(7-8-18(15)23)29-14-22(12-20(25)27)9-4-10-26(13-22)21(28)17-5-2-3-6-19(17)24/h2-3,5-8,11H,4,9-10,12-14H2,1H3,(H2,25,27). The fraction of sp³-hybridized carbons (Fsp3) is 0.364. The molecular formula is C22H24ClFN2O3. The van der Waals surface area contributed by atoms with E-state index in [-0.39, 0.29) is 31.0 Å². The summed E-state index contributed by atoms with van der Waals surface area (Å²) in [6.07, 6.45) is 1.45. The lowest BCUT2D eigenvalue weighted by molar-refractivity contribution is -0.122. The van der Waals surface area contributed by atoms with Crippen molar-refractivity contribution in [1.82, 2.24) is 4.90 Å². The summed E-state index contributed by atoms with van der Waals surface area (Å²) in [5, 5.41) is 0.642. The number of ether oxygens (including phenoxy) is 1. The highest BCUT2D eigenvalue weighted by molar-refractivity contribution is 6.31. The third-order valence-electron chi connectivity index (χ3n) is 5.28. The highest BCUT2D eigenvalue weighted by Crippen LogP contribution is 2.35. The molecule has 1 unspecified atom stereocenters. The number of benzene rings is 2. The lowest BCUT2D eigenvalue weighted by Gasteiger charge is -2.42. The molecule has 0 bridgehead atoms. The molecular weight excluding hydrogens is 395 g/mol. The predicted octanol–water partition coefficient (Wildman–Crippen LogP) is 3.96. The van der Waals surface area contributed by atoms with Gasteiger partial charge in [-0.05, 0) is 55.7 Å². The van der Waals surface area contributed by atoms with Gasteiger partial charge in [-0.1, -0.05) is 23.7 Å². The van der Waals surface area contributed by atoms with Crippen molar-refractivity contribution in [2.24, 2.45) is 11.1 Å². The fourth-order valence-corrected chi connectivity index (χ4v) is 3.93. The molecule has 2 aromatic carbocycles. The number of rotatable bonds is 6. The van der Waals surface area contributed by atoms with Gasteiger partial charge in [0.1, 0.15) is 11.6 Å². The molecule has 2 aromatic rings. The van der Waals surface area contributed by atoms with Crippen molar-refractivity contribution in [3.8, 4) is 5.75 Å². The van der Waals surface area contributed by atoms with E-state index in [0.29, 0.717) is 30.2 Å². The summed E-state index contributed by atoms with van der Waals surface area (Å²) >= 11 is 6.06. The molecule has 7 heteroatoms. The Bertz CT molecular complexity index is 921. The van der Waals surface area contributed by atoms with E-state index in [4.69, 9.17) is 22.1 Å².